The molecule has 0 aromatic carbocycles. The van der Waals surface area contributed by atoms with Crippen LogP contribution >= 0.6 is 0 Å². The molecule has 0 saturated carbocycles. The van der Waals surface area contributed by atoms with Crippen LogP contribution in [-0.4, -0.2) is 24.7 Å². The molecular weight excluding hydrogens is 204 g/mol. The van der Waals surface area contributed by atoms with Crippen LogP contribution < -0.4 is 5.73 Å². The molecule has 1 aliphatic carbocycles. The predicted octanol–water partition coefficient (Wildman–Crippen LogP) is 0.518. The van der Waals surface area contributed by atoms with Crippen molar-refractivity contribution in [2.75, 3.05) is 5.73 Å². The second-order valence-electron chi connectivity index (χ2n) is 3.88. The summed E-state index contributed by atoms with van der Waals surface area (Å²) >= 11 is 0. The maximum atomic E-state index is 5.51. The third-order valence-electron chi connectivity index (χ3n) is 2.83. The van der Waals surface area contributed by atoms with Crippen LogP contribution in [0.5, 0.6) is 0 Å². The maximum absolute atomic E-state index is 5.51. The summed E-state index contributed by atoms with van der Waals surface area (Å²) in [6, 6.07) is 0. The molecule has 2 aromatic rings. The first kappa shape index (κ1) is 9.26. The quantitative estimate of drug-likeness (QED) is 0.751. The highest BCUT2D eigenvalue weighted by Crippen LogP contribution is 2.23. The van der Waals surface area contributed by atoms with Crippen molar-refractivity contribution < 1.29 is 0 Å². The van der Waals surface area contributed by atoms with E-state index >= 15 is 0 Å². The Bertz CT molecular complexity index is 518. The Morgan fingerprint density at radius 1 is 1.12 bits per heavy atom. The lowest BCUT2D eigenvalue weighted by Gasteiger charge is -2.16. The number of anilines is 1. The zero-order valence-electron chi connectivity index (χ0n) is 8.80. The van der Waals surface area contributed by atoms with Crippen molar-refractivity contribution >= 4 is 5.95 Å². The van der Waals surface area contributed by atoms with Gasteiger partial charge < -0.3 is 5.73 Å². The maximum Gasteiger partial charge on any atom is 0.239 e. The minimum absolute atomic E-state index is 0.267. The highest BCUT2D eigenvalue weighted by Gasteiger charge is 2.17. The molecule has 0 saturated heterocycles. The van der Waals surface area contributed by atoms with Gasteiger partial charge in [-0.25, -0.2) is 19.6 Å². The number of hydrogen-bond acceptors (Lipinski definition) is 5. The molecule has 6 heteroatoms. The van der Waals surface area contributed by atoms with E-state index in [1.807, 2.05) is 0 Å². The van der Waals surface area contributed by atoms with Crippen LogP contribution in [0.15, 0.2) is 12.7 Å². The van der Waals surface area contributed by atoms with Crippen LogP contribution in [0.2, 0.25) is 0 Å². The molecule has 1 aliphatic rings. The SMILES string of the molecule is Nc1ncn(-c2ncnc3c2CCCC3)n1. The number of nitrogens with zero attached hydrogens (tertiary/aromatic N) is 5. The van der Waals surface area contributed by atoms with E-state index in [9.17, 15) is 0 Å². The highest BCUT2D eigenvalue weighted by molar-refractivity contribution is 5.37. The largest absolute Gasteiger partial charge is 0.366 e. The summed E-state index contributed by atoms with van der Waals surface area (Å²) in [7, 11) is 0. The fraction of sp³-hybridized carbons (Fsp3) is 0.400. The standard InChI is InChI=1S/C10H12N6/c11-10-14-6-16(15-10)9-7-3-1-2-4-8(7)12-5-13-9/h5-6H,1-4H2,(H2,11,15). The smallest absolute Gasteiger partial charge is 0.239 e. The number of rotatable bonds is 1. The van der Waals surface area contributed by atoms with Crippen LogP contribution in [0.25, 0.3) is 5.82 Å². The third-order valence-corrected chi connectivity index (χ3v) is 2.83. The van der Waals surface area contributed by atoms with E-state index in [1.54, 1.807) is 17.3 Å². The van der Waals surface area contributed by atoms with Crippen LogP contribution in [0.3, 0.4) is 0 Å². The van der Waals surface area contributed by atoms with E-state index in [1.165, 1.54) is 18.4 Å². The van der Waals surface area contributed by atoms with Crippen molar-refractivity contribution in [2.45, 2.75) is 25.7 Å². The Morgan fingerprint density at radius 3 is 2.81 bits per heavy atom. The van der Waals surface area contributed by atoms with Crippen molar-refractivity contribution in [3.8, 4) is 5.82 Å². The van der Waals surface area contributed by atoms with Gasteiger partial charge in [0.15, 0.2) is 5.82 Å². The van der Waals surface area contributed by atoms with Gasteiger partial charge in [-0.1, -0.05) is 0 Å². The summed E-state index contributed by atoms with van der Waals surface area (Å²) in [5.41, 5.74) is 7.81. The van der Waals surface area contributed by atoms with Gasteiger partial charge in [0.2, 0.25) is 5.95 Å². The van der Waals surface area contributed by atoms with Gasteiger partial charge in [-0.15, -0.1) is 5.10 Å². The molecule has 2 heterocycles. The van der Waals surface area contributed by atoms with E-state index in [2.05, 4.69) is 20.1 Å². The molecule has 0 amide bonds. The van der Waals surface area contributed by atoms with E-state index in [0.29, 0.717) is 0 Å². The zero-order valence-corrected chi connectivity index (χ0v) is 8.80. The van der Waals surface area contributed by atoms with Gasteiger partial charge in [0, 0.05) is 11.3 Å². The fourth-order valence-corrected chi connectivity index (χ4v) is 2.08. The molecule has 0 fully saturated rings. The topological polar surface area (TPSA) is 82.5 Å². The third kappa shape index (κ3) is 1.42. The summed E-state index contributed by atoms with van der Waals surface area (Å²) in [6.45, 7) is 0. The molecule has 2 N–H and O–H groups in total. The van der Waals surface area contributed by atoms with Crippen LogP contribution in [0, 0.1) is 0 Å². The van der Waals surface area contributed by atoms with Gasteiger partial charge in [0.05, 0.1) is 0 Å². The summed E-state index contributed by atoms with van der Waals surface area (Å²) in [5.74, 6) is 1.08. The lowest BCUT2D eigenvalue weighted by atomic mass is 9.96. The first-order chi connectivity index (χ1) is 7.84. The lowest BCUT2D eigenvalue weighted by molar-refractivity contribution is 0.649. The molecule has 0 spiro atoms. The number of fused-ring (bicyclic) bond motifs is 1. The lowest BCUT2D eigenvalue weighted by Crippen LogP contribution is -2.12. The van der Waals surface area contributed by atoms with Crippen LogP contribution in [-0.2, 0) is 12.8 Å². The van der Waals surface area contributed by atoms with E-state index in [4.69, 9.17) is 5.73 Å². The summed E-state index contributed by atoms with van der Waals surface area (Å²) < 4.78 is 1.63. The Morgan fingerprint density at radius 2 is 2.00 bits per heavy atom. The minimum Gasteiger partial charge on any atom is -0.366 e. The van der Waals surface area contributed by atoms with Crippen LogP contribution in [0.4, 0.5) is 5.95 Å². The average molecular weight is 216 g/mol. The summed E-state index contributed by atoms with van der Waals surface area (Å²) in [5, 5.41) is 4.08. The Balaban J connectivity index is 2.13. The van der Waals surface area contributed by atoms with Crippen molar-refractivity contribution in [3.63, 3.8) is 0 Å². The van der Waals surface area contributed by atoms with Gasteiger partial charge in [-0.05, 0) is 25.7 Å². The second kappa shape index (κ2) is 3.55. The van der Waals surface area contributed by atoms with Gasteiger partial charge in [0.1, 0.15) is 12.7 Å². The molecular formula is C10H12N6. The van der Waals surface area contributed by atoms with Gasteiger partial charge in [0.25, 0.3) is 0 Å². The number of aromatic nitrogens is 5. The fourth-order valence-electron chi connectivity index (χ4n) is 2.08. The van der Waals surface area contributed by atoms with E-state index < -0.39 is 0 Å². The first-order valence-corrected chi connectivity index (χ1v) is 5.35. The summed E-state index contributed by atoms with van der Waals surface area (Å²) in [4.78, 5) is 12.5. The van der Waals surface area contributed by atoms with Crippen molar-refractivity contribution in [2.24, 2.45) is 0 Å². The van der Waals surface area contributed by atoms with Gasteiger partial charge in [-0.3, -0.25) is 0 Å². The highest BCUT2D eigenvalue weighted by atomic mass is 15.4. The molecule has 0 aliphatic heterocycles. The van der Waals surface area contributed by atoms with Gasteiger partial charge in [-0.2, -0.15) is 0 Å². The minimum atomic E-state index is 0.267. The average Bonchev–Trinajstić information content (AvgIpc) is 2.75. The molecule has 6 nitrogen and oxygen atoms in total. The first-order valence-electron chi connectivity index (χ1n) is 5.35. The van der Waals surface area contributed by atoms with Gasteiger partial charge >= 0.3 is 0 Å². The molecule has 2 aromatic heterocycles. The molecule has 3 rings (SSSR count). The van der Waals surface area contributed by atoms with Crippen LogP contribution in [0.1, 0.15) is 24.1 Å². The summed E-state index contributed by atoms with van der Waals surface area (Å²) in [6.07, 6.45) is 7.57. The Kier molecular flexibility index (Phi) is 2.05. The number of nitrogens with two attached hydrogens (primary N) is 1. The number of aryl methyl sites for hydroxylation is 1. The normalized spacial score (nSPS) is 14.8. The molecule has 0 radical (unpaired) electrons. The molecule has 0 bridgehead atoms. The monoisotopic (exact) mass is 216 g/mol. The van der Waals surface area contributed by atoms with E-state index in [-0.39, 0.29) is 5.95 Å². The van der Waals surface area contributed by atoms with Crippen molar-refractivity contribution in [1.29, 1.82) is 0 Å². The number of hydrogen-bond donors (Lipinski definition) is 1. The molecule has 0 unspecified atom stereocenters. The van der Waals surface area contributed by atoms with E-state index in [0.717, 1.165) is 24.4 Å². The van der Waals surface area contributed by atoms with Crippen molar-refractivity contribution in [1.82, 2.24) is 24.7 Å². The molecule has 82 valence electrons. The Labute approximate surface area is 92.5 Å². The van der Waals surface area contributed by atoms with Crippen molar-refractivity contribution in [3.05, 3.63) is 23.9 Å². The molecule has 16 heavy (non-hydrogen) atoms. The number of nitrogen functional groups attached to an aromatic ring is 1. The predicted molar refractivity (Wildman–Crippen MR) is 58.0 cm³/mol. The zero-order chi connectivity index (χ0) is 11.0. The Hall–Kier alpha value is -1.98. The molecule has 0 atom stereocenters. The second-order valence-corrected chi connectivity index (χ2v) is 3.88.